The molecule has 0 amide bonds. The van der Waals surface area contributed by atoms with Gasteiger partial charge in [0.05, 0.1) is 5.60 Å². The lowest BCUT2D eigenvalue weighted by Gasteiger charge is -2.31. The minimum Gasteiger partial charge on any atom is -0.390 e. The van der Waals surface area contributed by atoms with Gasteiger partial charge in [0.15, 0.2) is 0 Å². The minimum atomic E-state index is -0.436. The van der Waals surface area contributed by atoms with Crippen LogP contribution in [0.3, 0.4) is 0 Å². The molecular formula is C15H24O. The third-order valence-electron chi connectivity index (χ3n) is 5.94. The fourth-order valence-electron chi connectivity index (χ4n) is 4.90. The van der Waals surface area contributed by atoms with Crippen LogP contribution < -0.4 is 0 Å². The van der Waals surface area contributed by atoms with Crippen molar-refractivity contribution in [2.45, 2.75) is 52.1 Å². The molecule has 0 heterocycles. The molecule has 1 heteroatoms. The molecule has 3 aliphatic carbocycles. The van der Waals surface area contributed by atoms with Crippen LogP contribution in [-0.4, -0.2) is 10.7 Å². The van der Waals surface area contributed by atoms with Crippen molar-refractivity contribution in [3.63, 3.8) is 0 Å². The van der Waals surface area contributed by atoms with Crippen molar-refractivity contribution >= 4 is 0 Å². The molecule has 0 unspecified atom stereocenters. The molecule has 0 aromatic carbocycles. The third kappa shape index (κ3) is 1.21. The number of hydrogen-bond donors (Lipinski definition) is 1. The van der Waals surface area contributed by atoms with Crippen molar-refractivity contribution in [3.05, 3.63) is 12.2 Å². The molecule has 3 fully saturated rings. The molecule has 3 saturated carbocycles. The van der Waals surface area contributed by atoms with Crippen LogP contribution in [0.25, 0.3) is 0 Å². The number of aliphatic hydroxyl groups is 1. The Morgan fingerprint density at radius 3 is 2.56 bits per heavy atom. The van der Waals surface area contributed by atoms with E-state index in [0.29, 0.717) is 17.3 Å². The van der Waals surface area contributed by atoms with Crippen molar-refractivity contribution in [2.75, 3.05) is 0 Å². The van der Waals surface area contributed by atoms with E-state index in [9.17, 15) is 5.11 Å². The molecule has 16 heavy (non-hydrogen) atoms. The number of hydrogen-bond acceptors (Lipinski definition) is 1. The predicted octanol–water partition coefficient (Wildman–Crippen LogP) is 3.39. The number of allylic oxidation sites excluding steroid dienone is 1. The highest BCUT2D eigenvalue weighted by molar-refractivity contribution is 5.22. The lowest BCUT2D eigenvalue weighted by atomic mass is 9.78. The van der Waals surface area contributed by atoms with E-state index in [-0.39, 0.29) is 0 Å². The van der Waals surface area contributed by atoms with Gasteiger partial charge in [0, 0.05) is 0 Å². The summed E-state index contributed by atoms with van der Waals surface area (Å²) >= 11 is 0. The molecule has 3 aliphatic rings. The monoisotopic (exact) mass is 220 g/mol. The topological polar surface area (TPSA) is 20.2 Å². The summed E-state index contributed by atoms with van der Waals surface area (Å²) in [4.78, 5) is 0. The summed E-state index contributed by atoms with van der Waals surface area (Å²) in [7, 11) is 0. The van der Waals surface area contributed by atoms with Crippen LogP contribution in [0.15, 0.2) is 12.2 Å². The second kappa shape index (κ2) is 2.93. The fraction of sp³-hybridized carbons (Fsp3) is 0.867. The van der Waals surface area contributed by atoms with Gasteiger partial charge in [0.25, 0.3) is 0 Å². The van der Waals surface area contributed by atoms with Crippen molar-refractivity contribution in [1.29, 1.82) is 0 Å². The molecule has 5 atom stereocenters. The van der Waals surface area contributed by atoms with E-state index in [1.165, 1.54) is 18.4 Å². The molecule has 0 aliphatic heterocycles. The van der Waals surface area contributed by atoms with Gasteiger partial charge in [0.1, 0.15) is 0 Å². The van der Waals surface area contributed by atoms with Crippen LogP contribution in [0.4, 0.5) is 0 Å². The van der Waals surface area contributed by atoms with Gasteiger partial charge >= 0.3 is 0 Å². The van der Waals surface area contributed by atoms with Gasteiger partial charge in [-0.15, -0.1) is 0 Å². The molecule has 0 bridgehead atoms. The Balaban J connectivity index is 1.98. The maximum Gasteiger partial charge on any atom is 0.0656 e. The predicted molar refractivity (Wildman–Crippen MR) is 66.0 cm³/mol. The van der Waals surface area contributed by atoms with Crippen LogP contribution in [0, 0.1) is 29.1 Å². The van der Waals surface area contributed by atoms with Gasteiger partial charge in [-0.05, 0) is 61.7 Å². The molecule has 3 rings (SSSR count). The van der Waals surface area contributed by atoms with Gasteiger partial charge in [0.2, 0.25) is 0 Å². The van der Waals surface area contributed by atoms with E-state index in [1.54, 1.807) is 0 Å². The first-order chi connectivity index (χ1) is 7.36. The van der Waals surface area contributed by atoms with Crippen molar-refractivity contribution in [1.82, 2.24) is 0 Å². The van der Waals surface area contributed by atoms with E-state index in [2.05, 4.69) is 27.4 Å². The molecule has 0 radical (unpaired) electrons. The zero-order valence-corrected chi connectivity index (χ0v) is 10.8. The minimum absolute atomic E-state index is 0.436. The van der Waals surface area contributed by atoms with Gasteiger partial charge in [-0.25, -0.2) is 0 Å². The smallest absolute Gasteiger partial charge is 0.0656 e. The van der Waals surface area contributed by atoms with Gasteiger partial charge in [-0.2, -0.15) is 0 Å². The van der Waals surface area contributed by atoms with E-state index in [1.807, 2.05) is 0 Å². The summed E-state index contributed by atoms with van der Waals surface area (Å²) in [6.45, 7) is 11.1. The van der Waals surface area contributed by atoms with Crippen LogP contribution in [0.5, 0.6) is 0 Å². The fourth-order valence-corrected chi connectivity index (χ4v) is 4.90. The number of rotatable bonds is 0. The summed E-state index contributed by atoms with van der Waals surface area (Å²) in [6.07, 6.45) is 4.64. The Labute approximate surface area is 98.9 Å². The van der Waals surface area contributed by atoms with Crippen LogP contribution in [-0.2, 0) is 0 Å². The van der Waals surface area contributed by atoms with Crippen molar-refractivity contribution in [3.8, 4) is 0 Å². The maximum atomic E-state index is 10.6. The molecule has 0 saturated heterocycles. The first-order valence-corrected chi connectivity index (χ1v) is 6.76. The molecule has 0 aromatic rings. The van der Waals surface area contributed by atoms with Gasteiger partial charge in [-0.1, -0.05) is 26.0 Å². The summed E-state index contributed by atoms with van der Waals surface area (Å²) in [5.74, 6) is 2.67. The van der Waals surface area contributed by atoms with Crippen LogP contribution >= 0.6 is 0 Å². The molecule has 1 nitrogen and oxygen atoms in total. The molecule has 0 aromatic heterocycles. The Hall–Kier alpha value is -0.300. The molecule has 0 spiro atoms. The average Bonchev–Trinajstić information content (AvgIpc) is 2.61. The second-order valence-corrected chi connectivity index (χ2v) is 7.18. The highest BCUT2D eigenvalue weighted by Gasteiger charge is 2.67. The number of fused-ring (bicyclic) bond motifs is 3. The summed E-state index contributed by atoms with van der Waals surface area (Å²) in [6, 6.07) is 0. The highest BCUT2D eigenvalue weighted by atomic mass is 16.3. The Bertz CT molecular complexity index is 339. The summed E-state index contributed by atoms with van der Waals surface area (Å²) in [5.41, 5.74) is 1.46. The van der Waals surface area contributed by atoms with E-state index in [4.69, 9.17) is 0 Å². The summed E-state index contributed by atoms with van der Waals surface area (Å²) in [5, 5.41) is 10.6. The van der Waals surface area contributed by atoms with Crippen LogP contribution in [0.2, 0.25) is 0 Å². The quantitative estimate of drug-likeness (QED) is 0.620. The zero-order chi connectivity index (χ0) is 11.7. The Kier molecular flexibility index (Phi) is 1.98. The van der Waals surface area contributed by atoms with Crippen LogP contribution in [0.1, 0.15) is 46.5 Å². The average molecular weight is 220 g/mol. The van der Waals surface area contributed by atoms with E-state index in [0.717, 1.165) is 24.7 Å². The molecular weight excluding hydrogens is 196 g/mol. The lowest BCUT2D eigenvalue weighted by molar-refractivity contribution is -0.00137. The first kappa shape index (κ1) is 10.8. The van der Waals surface area contributed by atoms with Gasteiger partial charge in [-0.3, -0.25) is 0 Å². The highest BCUT2D eigenvalue weighted by Crippen LogP contribution is 2.71. The zero-order valence-electron chi connectivity index (χ0n) is 10.8. The largest absolute Gasteiger partial charge is 0.390 e. The molecule has 90 valence electrons. The van der Waals surface area contributed by atoms with Crippen molar-refractivity contribution in [2.24, 2.45) is 29.1 Å². The SMILES string of the molecule is C=C1CC[C@H]2[C@H]([C@@H]3[C@@H]1CC[C@@]3(C)O)C2(C)C. The molecule has 1 N–H and O–H groups in total. The lowest BCUT2D eigenvalue weighted by Crippen LogP contribution is -2.34. The second-order valence-electron chi connectivity index (χ2n) is 7.18. The first-order valence-electron chi connectivity index (χ1n) is 6.76. The maximum absolute atomic E-state index is 10.6. The summed E-state index contributed by atoms with van der Waals surface area (Å²) < 4.78 is 0. The van der Waals surface area contributed by atoms with Crippen molar-refractivity contribution < 1.29 is 5.11 Å². The Morgan fingerprint density at radius 2 is 1.88 bits per heavy atom. The Morgan fingerprint density at radius 1 is 1.19 bits per heavy atom. The van der Waals surface area contributed by atoms with E-state index >= 15 is 0 Å². The standard InChI is InChI=1S/C15H24O/c1-9-5-6-11-13(14(11,2)3)12-10(9)7-8-15(12,4)16/h10-13,16H,1,5-8H2,2-4H3/t10-,11+,12+,13-,15-/m1/s1. The van der Waals surface area contributed by atoms with Gasteiger partial charge < -0.3 is 5.11 Å². The normalized spacial score (nSPS) is 54.1. The third-order valence-corrected chi connectivity index (χ3v) is 5.94. The van der Waals surface area contributed by atoms with E-state index < -0.39 is 5.60 Å².